The number of nitrogens with two attached hydrogens (primary N) is 2. The predicted molar refractivity (Wildman–Crippen MR) is 75.1 cm³/mol. The Morgan fingerprint density at radius 2 is 1.95 bits per heavy atom. The minimum Gasteiger partial charge on any atom is -0.351 e. The first-order valence-electron chi connectivity index (χ1n) is 6.19. The van der Waals surface area contributed by atoms with Gasteiger partial charge in [0.05, 0.1) is 12.0 Å². The van der Waals surface area contributed by atoms with E-state index in [1.807, 2.05) is 31.3 Å². The van der Waals surface area contributed by atoms with E-state index >= 15 is 0 Å². The van der Waals surface area contributed by atoms with E-state index in [1.165, 1.54) is 5.56 Å². The molecule has 0 bridgehead atoms. The van der Waals surface area contributed by atoms with Crippen molar-refractivity contribution < 1.29 is 19.8 Å². The van der Waals surface area contributed by atoms with Gasteiger partial charge in [0.25, 0.3) is 0 Å². The third-order valence-electron chi connectivity index (χ3n) is 2.36. The van der Waals surface area contributed by atoms with Gasteiger partial charge in [0.15, 0.2) is 0 Å². The number of hydrogen-bond donors (Lipinski definition) is 3. The first-order chi connectivity index (χ1) is 8.72. The van der Waals surface area contributed by atoms with Gasteiger partial charge in [-0.25, -0.2) is 4.98 Å². The van der Waals surface area contributed by atoms with Crippen LogP contribution in [0.15, 0.2) is 42.9 Å². The summed E-state index contributed by atoms with van der Waals surface area (Å²) in [4.78, 5) is 6.82. The van der Waals surface area contributed by atoms with Crippen LogP contribution >= 0.6 is 0 Å². The van der Waals surface area contributed by atoms with Crippen molar-refractivity contribution in [1.29, 1.82) is 0 Å². The SMILES string of the molecule is CC(N)Cc1ccccc1.NCCc1c[nH]cn1.[Os]. The summed E-state index contributed by atoms with van der Waals surface area (Å²) < 4.78 is 0. The number of rotatable bonds is 4. The Balaban J connectivity index is 0.000000331. The molecule has 5 N–H and O–H groups in total. The number of hydrogen-bond acceptors (Lipinski definition) is 3. The van der Waals surface area contributed by atoms with E-state index in [-0.39, 0.29) is 25.8 Å². The summed E-state index contributed by atoms with van der Waals surface area (Å²) in [6.45, 7) is 2.69. The molecule has 106 valence electrons. The van der Waals surface area contributed by atoms with Gasteiger partial charge in [-0.15, -0.1) is 0 Å². The zero-order chi connectivity index (χ0) is 13.2. The summed E-state index contributed by atoms with van der Waals surface area (Å²) in [6.07, 6.45) is 5.35. The standard InChI is InChI=1S/C9H13N.C5H9N3.Os/c1-8(10)7-9-5-3-2-4-6-9;6-2-1-5-3-7-4-8-5;/h2-6,8H,7,10H2,1H3;3-4H,1-2,6H2,(H,7,8);. The summed E-state index contributed by atoms with van der Waals surface area (Å²) in [5.74, 6) is 0. The molecular formula is C14H22N4Os. The number of imidazole rings is 1. The van der Waals surface area contributed by atoms with Gasteiger partial charge >= 0.3 is 0 Å². The van der Waals surface area contributed by atoms with Crippen molar-refractivity contribution in [3.63, 3.8) is 0 Å². The van der Waals surface area contributed by atoms with Crippen molar-refractivity contribution in [2.45, 2.75) is 25.8 Å². The zero-order valence-electron chi connectivity index (χ0n) is 11.2. The van der Waals surface area contributed by atoms with E-state index in [1.54, 1.807) is 6.33 Å². The van der Waals surface area contributed by atoms with Gasteiger partial charge in [0, 0.05) is 38.4 Å². The molecule has 2 aromatic rings. The second kappa shape index (κ2) is 10.9. The minimum atomic E-state index is 0. The fourth-order valence-electron chi connectivity index (χ4n) is 1.56. The van der Waals surface area contributed by atoms with Crippen LogP contribution in [-0.4, -0.2) is 22.6 Å². The van der Waals surface area contributed by atoms with Gasteiger partial charge in [-0.05, 0) is 25.5 Å². The molecule has 0 saturated heterocycles. The molecule has 1 atom stereocenters. The molecule has 0 fully saturated rings. The molecule has 1 aromatic carbocycles. The van der Waals surface area contributed by atoms with Crippen molar-refractivity contribution in [2.75, 3.05) is 6.54 Å². The zero-order valence-corrected chi connectivity index (χ0v) is 13.7. The van der Waals surface area contributed by atoms with Crippen LogP contribution in [-0.2, 0) is 32.6 Å². The molecule has 0 amide bonds. The summed E-state index contributed by atoms with van der Waals surface area (Å²) in [5.41, 5.74) is 13.2. The molecule has 1 aromatic heterocycles. The molecule has 0 spiro atoms. The van der Waals surface area contributed by atoms with Gasteiger partial charge in [-0.2, -0.15) is 0 Å². The Morgan fingerprint density at radius 1 is 1.26 bits per heavy atom. The molecular weight excluding hydrogens is 414 g/mol. The van der Waals surface area contributed by atoms with Crippen LogP contribution in [0.1, 0.15) is 18.2 Å². The van der Waals surface area contributed by atoms with Crippen LogP contribution in [0.25, 0.3) is 0 Å². The van der Waals surface area contributed by atoms with Crippen molar-refractivity contribution in [3.05, 3.63) is 54.1 Å². The Morgan fingerprint density at radius 3 is 2.42 bits per heavy atom. The summed E-state index contributed by atoms with van der Waals surface area (Å²) >= 11 is 0. The third kappa shape index (κ3) is 8.66. The minimum absolute atomic E-state index is 0. The van der Waals surface area contributed by atoms with Crippen molar-refractivity contribution in [2.24, 2.45) is 11.5 Å². The van der Waals surface area contributed by atoms with E-state index < -0.39 is 0 Å². The first-order valence-corrected chi connectivity index (χ1v) is 6.19. The molecule has 0 radical (unpaired) electrons. The smallest absolute Gasteiger partial charge is 0.0923 e. The number of nitrogens with one attached hydrogen (secondary N) is 1. The van der Waals surface area contributed by atoms with E-state index in [0.717, 1.165) is 18.5 Å². The average molecular weight is 437 g/mol. The monoisotopic (exact) mass is 438 g/mol. The van der Waals surface area contributed by atoms with Crippen molar-refractivity contribution in [3.8, 4) is 0 Å². The van der Waals surface area contributed by atoms with Gasteiger partial charge in [0.1, 0.15) is 0 Å². The van der Waals surface area contributed by atoms with Crippen LogP contribution in [0.4, 0.5) is 0 Å². The molecule has 0 aliphatic carbocycles. The Bertz CT molecular complexity index is 401. The predicted octanol–water partition coefficient (Wildman–Crippen LogP) is 1.48. The van der Waals surface area contributed by atoms with Crippen molar-refractivity contribution >= 4 is 0 Å². The van der Waals surface area contributed by atoms with Gasteiger partial charge < -0.3 is 16.5 Å². The first kappa shape index (κ1) is 18.0. The van der Waals surface area contributed by atoms with Gasteiger partial charge in [-0.3, -0.25) is 0 Å². The summed E-state index contributed by atoms with van der Waals surface area (Å²) in [6, 6.07) is 10.6. The Labute approximate surface area is 128 Å². The van der Waals surface area contributed by atoms with Crippen LogP contribution in [0.3, 0.4) is 0 Å². The summed E-state index contributed by atoms with van der Waals surface area (Å²) in [5, 5.41) is 0. The number of aromatic nitrogens is 2. The van der Waals surface area contributed by atoms with Crippen LogP contribution in [0.2, 0.25) is 0 Å². The maximum Gasteiger partial charge on any atom is 0.0923 e. The van der Waals surface area contributed by atoms with Crippen LogP contribution in [0.5, 0.6) is 0 Å². The van der Waals surface area contributed by atoms with Crippen molar-refractivity contribution in [1.82, 2.24) is 9.97 Å². The molecule has 0 saturated carbocycles. The molecule has 2 rings (SSSR count). The molecule has 1 heterocycles. The Kier molecular flexibility index (Phi) is 10.3. The maximum atomic E-state index is 5.62. The maximum absolute atomic E-state index is 5.62. The van der Waals surface area contributed by atoms with Gasteiger partial charge in [0.2, 0.25) is 0 Å². The fraction of sp³-hybridized carbons (Fsp3) is 0.357. The topological polar surface area (TPSA) is 80.7 Å². The number of aromatic amines is 1. The number of H-pyrrole nitrogens is 1. The Hall–Kier alpha value is -1.01. The van der Waals surface area contributed by atoms with E-state index in [4.69, 9.17) is 11.5 Å². The van der Waals surface area contributed by atoms with Crippen LogP contribution in [0, 0.1) is 0 Å². The normalized spacial score (nSPS) is 10.9. The van der Waals surface area contributed by atoms with E-state index in [0.29, 0.717) is 6.54 Å². The second-order valence-electron chi connectivity index (χ2n) is 4.27. The largest absolute Gasteiger partial charge is 0.351 e. The molecule has 5 heteroatoms. The van der Waals surface area contributed by atoms with E-state index in [2.05, 4.69) is 22.1 Å². The number of nitrogens with zero attached hydrogens (tertiary/aromatic N) is 1. The molecule has 0 aliphatic rings. The average Bonchev–Trinajstić information content (AvgIpc) is 2.84. The quantitative estimate of drug-likeness (QED) is 0.679. The fourth-order valence-corrected chi connectivity index (χ4v) is 1.56. The van der Waals surface area contributed by atoms with Gasteiger partial charge in [-0.1, -0.05) is 30.3 Å². The molecule has 0 aliphatic heterocycles. The third-order valence-corrected chi connectivity index (χ3v) is 2.36. The molecule has 1 unspecified atom stereocenters. The number of benzene rings is 1. The van der Waals surface area contributed by atoms with E-state index in [9.17, 15) is 0 Å². The van der Waals surface area contributed by atoms with Crippen LogP contribution < -0.4 is 11.5 Å². The second-order valence-corrected chi connectivity index (χ2v) is 4.27. The molecule has 4 nitrogen and oxygen atoms in total. The molecule has 19 heavy (non-hydrogen) atoms. The summed E-state index contributed by atoms with van der Waals surface area (Å²) in [7, 11) is 0.